The van der Waals surface area contributed by atoms with E-state index in [1.807, 2.05) is 12.1 Å². The van der Waals surface area contributed by atoms with Crippen LogP contribution in [0.1, 0.15) is 6.92 Å². The molecule has 1 N–H and O–H groups in total. The Kier molecular flexibility index (Phi) is 5.39. The van der Waals surface area contributed by atoms with Gasteiger partial charge in [-0.3, -0.25) is 4.79 Å². The third-order valence-corrected chi connectivity index (χ3v) is 3.16. The van der Waals surface area contributed by atoms with Crippen molar-refractivity contribution >= 4 is 34.5 Å². The van der Waals surface area contributed by atoms with Crippen molar-refractivity contribution in [2.24, 2.45) is 0 Å². The maximum absolute atomic E-state index is 11.7. The highest BCUT2D eigenvalue weighted by atomic mass is 127. The molecule has 98 valence electrons. The molecule has 0 bridgehead atoms. The average Bonchev–Trinajstić information content (AvgIpc) is 2.34. The summed E-state index contributed by atoms with van der Waals surface area (Å²) in [7, 11) is 1.44. The number of likely N-dealkylation sites (N-methyl/N-ethyl adjacent to an activating group) is 1. The fraction of sp³-hybridized carbons (Fsp3) is 0.333. The normalized spacial score (nSPS) is 11.7. The molecule has 0 aliphatic carbocycles. The Bertz CT molecular complexity index is 449. The zero-order chi connectivity index (χ0) is 13.7. The van der Waals surface area contributed by atoms with Crippen molar-refractivity contribution in [3.05, 3.63) is 27.8 Å². The van der Waals surface area contributed by atoms with E-state index in [-0.39, 0.29) is 12.5 Å². The summed E-state index contributed by atoms with van der Waals surface area (Å²) in [4.78, 5) is 23.6. The number of halogens is 1. The van der Waals surface area contributed by atoms with Crippen LogP contribution in [0.4, 0.5) is 0 Å². The van der Waals surface area contributed by atoms with E-state index >= 15 is 0 Å². The number of hydrogen-bond donors (Lipinski definition) is 1. The van der Waals surface area contributed by atoms with Crippen molar-refractivity contribution in [3.8, 4) is 5.75 Å². The maximum Gasteiger partial charge on any atom is 0.326 e. The molecule has 1 rings (SSSR count). The number of carbonyl (C=O) groups is 2. The van der Waals surface area contributed by atoms with Crippen molar-refractivity contribution in [3.63, 3.8) is 0 Å². The number of carboxylic acid groups (broad SMARTS) is 1. The molecule has 0 heterocycles. The molecule has 0 fully saturated rings. The molecule has 0 saturated heterocycles. The first-order valence-electron chi connectivity index (χ1n) is 5.28. The lowest BCUT2D eigenvalue weighted by molar-refractivity contribution is -0.148. The summed E-state index contributed by atoms with van der Waals surface area (Å²) in [6.07, 6.45) is 0. The van der Waals surface area contributed by atoms with Gasteiger partial charge in [0.1, 0.15) is 11.8 Å². The van der Waals surface area contributed by atoms with Crippen LogP contribution in [-0.2, 0) is 9.59 Å². The second kappa shape index (κ2) is 6.58. The molecular weight excluding hydrogens is 349 g/mol. The largest absolute Gasteiger partial charge is 0.484 e. The zero-order valence-corrected chi connectivity index (χ0v) is 12.2. The molecule has 1 amide bonds. The lowest BCUT2D eigenvalue weighted by Crippen LogP contribution is -2.42. The lowest BCUT2D eigenvalue weighted by Gasteiger charge is -2.21. The molecule has 0 spiro atoms. The fourth-order valence-corrected chi connectivity index (χ4v) is 1.70. The number of carbonyl (C=O) groups excluding carboxylic acids is 1. The van der Waals surface area contributed by atoms with Crippen molar-refractivity contribution in [1.82, 2.24) is 4.90 Å². The number of nitrogens with zero attached hydrogens (tertiary/aromatic N) is 1. The molecule has 1 atom stereocenters. The summed E-state index contributed by atoms with van der Waals surface area (Å²) >= 11 is 2.14. The number of ether oxygens (including phenoxy) is 1. The van der Waals surface area contributed by atoms with Crippen LogP contribution in [0.2, 0.25) is 0 Å². The van der Waals surface area contributed by atoms with E-state index in [0.29, 0.717) is 5.75 Å². The Hall–Kier alpha value is -1.31. The number of aliphatic carboxylic acids is 1. The topological polar surface area (TPSA) is 66.8 Å². The van der Waals surface area contributed by atoms with Gasteiger partial charge in [-0.05, 0) is 47.7 Å². The Morgan fingerprint density at radius 3 is 2.72 bits per heavy atom. The average molecular weight is 363 g/mol. The Morgan fingerprint density at radius 1 is 1.50 bits per heavy atom. The second-order valence-electron chi connectivity index (χ2n) is 3.76. The van der Waals surface area contributed by atoms with Crippen molar-refractivity contribution < 1.29 is 19.4 Å². The maximum atomic E-state index is 11.7. The third-order valence-electron chi connectivity index (χ3n) is 2.49. The molecule has 0 aliphatic rings. The smallest absolute Gasteiger partial charge is 0.326 e. The number of amides is 1. The number of hydrogen-bond acceptors (Lipinski definition) is 3. The molecule has 5 nitrogen and oxygen atoms in total. The van der Waals surface area contributed by atoms with E-state index in [0.717, 1.165) is 8.47 Å². The van der Waals surface area contributed by atoms with Gasteiger partial charge in [0.15, 0.2) is 6.61 Å². The van der Waals surface area contributed by atoms with Gasteiger partial charge >= 0.3 is 5.97 Å². The highest BCUT2D eigenvalue weighted by Crippen LogP contribution is 2.14. The Balaban J connectivity index is 2.53. The van der Waals surface area contributed by atoms with Gasteiger partial charge in [0.05, 0.1) is 0 Å². The molecule has 1 aromatic rings. The minimum atomic E-state index is -1.04. The molecule has 1 aromatic carbocycles. The monoisotopic (exact) mass is 363 g/mol. The predicted molar refractivity (Wildman–Crippen MR) is 74.5 cm³/mol. The van der Waals surface area contributed by atoms with Crippen LogP contribution in [0.5, 0.6) is 5.75 Å². The fourth-order valence-electron chi connectivity index (χ4n) is 1.19. The summed E-state index contributed by atoms with van der Waals surface area (Å²) in [6.45, 7) is 1.28. The second-order valence-corrected chi connectivity index (χ2v) is 5.01. The highest BCUT2D eigenvalue weighted by Gasteiger charge is 2.21. The number of carboxylic acids is 1. The quantitative estimate of drug-likeness (QED) is 0.808. The summed E-state index contributed by atoms with van der Waals surface area (Å²) in [5, 5.41) is 8.79. The lowest BCUT2D eigenvalue weighted by atomic mass is 10.3. The SMILES string of the molecule is CC(C(=O)O)N(C)C(=O)COc1cccc(I)c1. The zero-order valence-electron chi connectivity index (χ0n) is 10.1. The van der Waals surface area contributed by atoms with Crippen molar-refractivity contribution in [2.45, 2.75) is 13.0 Å². The van der Waals surface area contributed by atoms with E-state index < -0.39 is 12.0 Å². The highest BCUT2D eigenvalue weighted by molar-refractivity contribution is 14.1. The van der Waals surface area contributed by atoms with Gasteiger partial charge in [-0.1, -0.05) is 6.07 Å². The third kappa shape index (κ3) is 4.17. The minimum Gasteiger partial charge on any atom is -0.484 e. The van der Waals surface area contributed by atoms with Gasteiger partial charge in [0.25, 0.3) is 5.91 Å². The molecule has 0 aliphatic heterocycles. The first-order chi connectivity index (χ1) is 8.41. The van der Waals surface area contributed by atoms with Crippen LogP contribution in [0.15, 0.2) is 24.3 Å². The van der Waals surface area contributed by atoms with E-state index in [2.05, 4.69) is 22.6 Å². The van der Waals surface area contributed by atoms with Crippen LogP contribution in [0.25, 0.3) is 0 Å². The first kappa shape index (κ1) is 14.7. The predicted octanol–water partition coefficient (Wildman–Crippen LogP) is 1.60. The molecule has 18 heavy (non-hydrogen) atoms. The molecule has 6 heteroatoms. The van der Waals surface area contributed by atoms with E-state index in [4.69, 9.17) is 9.84 Å². The van der Waals surface area contributed by atoms with Gasteiger partial charge in [-0.15, -0.1) is 0 Å². The molecule has 0 saturated carbocycles. The summed E-state index contributed by atoms with van der Waals surface area (Å²) < 4.78 is 6.32. The van der Waals surface area contributed by atoms with Crippen LogP contribution in [0.3, 0.4) is 0 Å². The summed E-state index contributed by atoms with van der Waals surface area (Å²) in [5.41, 5.74) is 0. The van der Waals surface area contributed by atoms with Crippen LogP contribution < -0.4 is 4.74 Å². The summed E-state index contributed by atoms with van der Waals surface area (Å²) in [6, 6.07) is 6.42. The number of rotatable bonds is 5. The van der Waals surface area contributed by atoms with Gasteiger partial charge < -0.3 is 14.7 Å². The van der Waals surface area contributed by atoms with Crippen LogP contribution >= 0.6 is 22.6 Å². The van der Waals surface area contributed by atoms with Crippen molar-refractivity contribution in [2.75, 3.05) is 13.7 Å². The Labute approximate surface area is 119 Å². The van der Waals surface area contributed by atoms with Gasteiger partial charge in [-0.25, -0.2) is 4.79 Å². The van der Waals surface area contributed by atoms with Gasteiger partial charge in [0.2, 0.25) is 0 Å². The van der Waals surface area contributed by atoms with Gasteiger partial charge in [0, 0.05) is 10.6 Å². The van der Waals surface area contributed by atoms with E-state index in [9.17, 15) is 9.59 Å². The van der Waals surface area contributed by atoms with Crippen LogP contribution in [-0.4, -0.2) is 41.6 Å². The Morgan fingerprint density at radius 2 is 2.17 bits per heavy atom. The first-order valence-corrected chi connectivity index (χ1v) is 6.36. The van der Waals surface area contributed by atoms with Gasteiger partial charge in [-0.2, -0.15) is 0 Å². The molecule has 1 unspecified atom stereocenters. The molecular formula is C12H14INO4. The molecule has 0 radical (unpaired) electrons. The molecule has 0 aromatic heterocycles. The number of benzene rings is 1. The standard InChI is InChI=1S/C12H14INO4/c1-8(12(16)17)14(2)11(15)7-18-10-5-3-4-9(13)6-10/h3-6,8H,7H2,1-2H3,(H,16,17). The van der Waals surface area contributed by atoms with Crippen LogP contribution in [0, 0.1) is 3.57 Å². The summed E-state index contributed by atoms with van der Waals surface area (Å²) in [5.74, 6) is -0.824. The van der Waals surface area contributed by atoms with Crippen molar-refractivity contribution in [1.29, 1.82) is 0 Å². The minimum absolute atomic E-state index is 0.172. The van der Waals surface area contributed by atoms with E-state index in [1.165, 1.54) is 14.0 Å². The van der Waals surface area contributed by atoms with E-state index in [1.54, 1.807) is 12.1 Å².